The van der Waals surface area contributed by atoms with Crippen LogP contribution in [0.1, 0.15) is 18.1 Å². The van der Waals surface area contributed by atoms with Gasteiger partial charge in [-0.1, -0.05) is 18.1 Å². The highest BCUT2D eigenvalue weighted by Gasteiger charge is 2.25. The lowest BCUT2D eigenvalue weighted by atomic mass is 9.94. The Labute approximate surface area is 111 Å². The van der Waals surface area contributed by atoms with Gasteiger partial charge in [0.05, 0.1) is 25.2 Å². The van der Waals surface area contributed by atoms with Crippen LogP contribution >= 0.6 is 0 Å². The van der Waals surface area contributed by atoms with Crippen molar-refractivity contribution in [2.75, 3.05) is 12.9 Å². The van der Waals surface area contributed by atoms with E-state index in [1.54, 1.807) is 18.2 Å². The first kappa shape index (κ1) is 13.8. The van der Waals surface area contributed by atoms with Crippen LogP contribution in [-0.2, 0) is 21.0 Å². The minimum absolute atomic E-state index is 0.0943. The Kier molecular flexibility index (Phi) is 3.77. The molecule has 0 saturated heterocycles. The molecule has 1 atom stereocenters. The summed E-state index contributed by atoms with van der Waals surface area (Å²) >= 11 is 0. The van der Waals surface area contributed by atoms with Gasteiger partial charge in [-0.05, 0) is 17.7 Å². The summed E-state index contributed by atoms with van der Waals surface area (Å²) in [6.07, 6.45) is 0.937. The maximum atomic E-state index is 11.0. The Balaban J connectivity index is 2.44. The van der Waals surface area contributed by atoms with Crippen molar-refractivity contribution in [2.45, 2.75) is 13.5 Å². The maximum Gasteiger partial charge on any atom is 0.325 e. The topological polar surface area (TPSA) is 85.2 Å². The van der Waals surface area contributed by atoms with Crippen LogP contribution in [0.3, 0.4) is 0 Å². The average Bonchev–Trinajstić information content (AvgIpc) is 2.35. The second-order valence-electron chi connectivity index (χ2n) is 4.46. The van der Waals surface area contributed by atoms with E-state index >= 15 is 0 Å². The average molecular weight is 285 g/mol. The van der Waals surface area contributed by atoms with Gasteiger partial charge in [0.15, 0.2) is 0 Å². The zero-order valence-electron chi connectivity index (χ0n) is 10.7. The molecule has 0 bridgehead atoms. The van der Waals surface area contributed by atoms with Crippen molar-refractivity contribution < 1.29 is 22.5 Å². The monoisotopic (exact) mass is 285 g/mol. The van der Waals surface area contributed by atoms with Crippen molar-refractivity contribution in [2.24, 2.45) is 11.1 Å². The fourth-order valence-electron chi connectivity index (χ4n) is 1.81. The molecule has 0 aromatic heterocycles. The number of rotatable bonds is 3. The molecule has 1 aliphatic rings. The molecule has 7 heteroatoms. The van der Waals surface area contributed by atoms with Crippen molar-refractivity contribution in [1.82, 2.24) is 0 Å². The molecular weight excluding hydrogens is 270 g/mol. The van der Waals surface area contributed by atoms with Gasteiger partial charge in [0.25, 0.3) is 0 Å². The Morgan fingerprint density at radius 3 is 2.89 bits per heavy atom. The third-order valence-electron chi connectivity index (χ3n) is 2.73. The van der Waals surface area contributed by atoms with Gasteiger partial charge in [-0.25, -0.2) is 0 Å². The number of nitrogens with zero attached hydrogens (tertiary/aromatic N) is 1. The van der Waals surface area contributed by atoms with Crippen molar-refractivity contribution in [3.8, 4) is 5.75 Å². The molecule has 6 nitrogen and oxygen atoms in total. The van der Waals surface area contributed by atoms with E-state index in [1.807, 2.05) is 6.92 Å². The van der Waals surface area contributed by atoms with E-state index in [4.69, 9.17) is 9.84 Å². The molecule has 2 rings (SSSR count). The summed E-state index contributed by atoms with van der Waals surface area (Å²) < 4.78 is 32.1. The molecule has 1 unspecified atom stereocenters. The van der Waals surface area contributed by atoms with Crippen LogP contribution < -0.4 is 4.74 Å². The highest BCUT2D eigenvalue weighted by molar-refractivity contribution is 7.85. The largest absolute Gasteiger partial charge is 0.492 e. The maximum absolute atomic E-state index is 11.0. The van der Waals surface area contributed by atoms with Crippen LogP contribution in [0.15, 0.2) is 23.4 Å². The zero-order chi connectivity index (χ0) is 14.0. The van der Waals surface area contributed by atoms with Crippen molar-refractivity contribution in [1.29, 1.82) is 0 Å². The Hall–Kier alpha value is -1.60. The van der Waals surface area contributed by atoms with Gasteiger partial charge >= 0.3 is 10.1 Å². The quantitative estimate of drug-likeness (QED) is 0.834. The minimum atomic E-state index is -3.64. The number of benzene rings is 1. The van der Waals surface area contributed by atoms with E-state index in [0.717, 1.165) is 6.26 Å². The summed E-state index contributed by atoms with van der Waals surface area (Å²) in [5, 5.41) is 12.9. The van der Waals surface area contributed by atoms with Crippen LogP contribution in [0.2, 0.25) is 0 Å². The molecule has 1 aliphatic heterocycles. The van der Waals surface area contributed by atoms with E-state index in [2.05, 4.69) is 9.44 Å². The number of aliphatic hydroxyl groups is 1. The smallest absolute Gasteiger partial charge is 0.325 e. The minimum Gasteiger partial charge on any atom is -0.492 e. The molecule has 1 aromatic rings. The van der Waals surface area contributed by atoms with Gasteiger partial charge < -0.3 is 9.84 Å². The molecule has 1 heterocycles. The lowest BCUT2D eigenvalue weighted by molar-refractivity contribution is 0.270. The normalized spacial score (nSPS) is 20.8. The number of ether oxygens (including phenoxy) is 1. The molecule has 1 aromatic carbocycles. The van der Waals surface area contributed by atoms with E-state index in [1.165, 1.54) is 0 Å². The molecule has 19 heavy (non-hydrogen) atoms. The van der Waals surface area contributed by atoms with Gasteiger partial charge in [-0.3, -0.25) is 4.28 Å². The van der Waals surface area contributed by atoms with Gasteiger partial charge in [0.1, 0.15) is 5.75 Å². The molecular formula is C12H15NO5S. The summed E-state index contributed by atoms with van der Waals surface area (Å²) in [6, 6.07) is 5.18. The second-order valence-corrected chi connectivity index (χ2v) is 6.01. The lowest BCUT2D eigenvalue weighted by Gasteiger charge is -2.24. The lowest BCUT2D eigenvalue weighted by Crippen LogP contribution is -2.27. The summed E-state index contributed by atoms with van der Waals surface area (Å²) in [5.74, 6) is 0.509. The summed E-state index contributed by atoms with van der Waals surface area (Å²) in [5.41, 5.74) is 1.85. The number of hydrogen-bond acceptors (Lipinski definition) is 6. The molecule has 0 fully saturated rings. The fraction of sp³-hybridized carbons (Fsp3) is 0.417. The van der Waals surface area contributed by atoms with E-state index in [-0.39, 0.29) is 12.5 Å². The van der Waals surface area contributed by atoms with Crippen LogP contribution in [0.25, 0.3) is 0 Å². The second kappa shape index (κ2) is 5.18. The van der Waals surface area contributed by atoms with E-state index < -0.39 is 10.1 Å². The number of aliphatic hydroxyl groups excluding tert-OH is 1. The van der Waals surface area contributed by atoms with Crippen molar-refractivity contribution in [3.63, 3.8) is 0 Å². The number of hydrogen-bond donors (Lipinski definition) is 1. The van der Waals surface area contributed by atoms with Crippen LogP contribution in [0.4, 0.5) is 0 Å². The third kappa shape index (κ3) is 3.24. The Morgan fingerprint density at radius 1 is 1.53 bits per heavy atom. The highest BCUT2D eigenvalue weighted by Crippen LogP contribution is 2.29. The molecule has 0 saturated carbocycles. The number of fused-ring (bicyclic) bond motifs is 1. The van der Waals surface area contributed by atoms with Gasteiger partial charge in [-0.15, -0.1) is 0 Å². The summed E-state index contributed by atoms with van der Waals surface area (Å²) in [6.45, 7) is 2.15. The van der Waals surface area contributed by atoms with Gasteiger partial charge in [-0.2, -0.15) is 8.42 Å². The fourth-order valence-corrected chi connectivity index (χ4v) is 2.02. The predicted octanol–water partition coefficient (Wildman–Crippen LogP) is 0.888. The summed E-state index contributed by atoms with van der Waals surface area (Å²) in [7, 11) is -3.64. The van der Waals surface area contributed by atoms with Crippen LogP contribution in [0.5, 0.6) is 5.75 Å². The van der Waals surface area contributed by atoms with E-state index in [9.17, 15) is 8.42 Å². The summed E-state index contributed by atoms with van der Waals surface area (Å²) in [4.78, 5) is 0. The first-order chi connectivity index (χ1) is 8.90. The van der Waals surface area contributed by atoms with Gasteiger partial charge in [0, 0.05) is 11.5 Å². The molecule has 0 amide bonds. The van der Waals surface area contributed by atoms with Crippen molar-refractivity contribution in [3.05, 3.63) is 29.3 Å². The molecule has 0 aliphatic carbocycles. The molecule has 104 valence electrons. The highest BCUT2D eigenvalue weighted by atomic mass is 32.2. The molecule has 0 radical (unpaired) electrons. The SMILES string of the molecule is CC1COc2ccc(CO)cc2/C1=N/OS(C)(=O)=O. The van der Waals surface area contributed by atoms with Crippen molar-refractivity contribution >= 4 is 15.8 Å². The number of oxime groups is 1. The van der Waals surface area contributed by atoms with Crippen LogP contribution in [0, 0.1) is 5.92 Å². The molecule has 0 spiro atoms. The first-order valence-electron chi connectivity index (χ1n) is 5.74. The zero-order valence-corrected chi connectivity index (χ0v) is 11.5. The van der Waals surface area contributed by atoms with Crippen LogP contribution in [-0.4, -0.2) is 32.1 Å². The van der Waals surface area contributed by atoms with E-state index in [0.29, 0.717) is 29.2 Å². The Bertz CT molecular complexity index is 609. The van der Waals surface area contributed by atoms with Gasteiger partial charge in [0.2, 0.25) is 0 Å². The standard InChI is InChI=1S/C12H15NO5S/c1-8-7-17-11-4-3-9(6-14)5-10(11)12(8)13-18-19(2,15)16/h3-5,8,14H,6-7H2,1-2H3/b13-12+. The molecule has 1 N–H and O–H groups in total. The third-order valence-corrected chi connectivity index (χ3v) is 3.07. The Morgan fingerprint density at radius 2 is 2.26 bits per heavy atom. The predicted molar refractivity (Wildman–Crippen MR) is 69.5 cm³/mol. The first-order valence-corrected chi connectivity index (χ1v) is 7.56.